The van der Waals surface area contributed by atoms with Crippen molar-refractivity contribution in [2.24, 2.45) is 0 Å². The van der Waals surface area contributed by atoms with Crippen molar-refractivity contribution in [1.29, 1.82) is 0 Å². The Morgan fingerprint density at radius 3 is 2.59 bits per heavy atom. The van der Waals surface area contributed by atoms with Crippen molar-refractivity contribution in [2.45, 2.75) is 30.5 Å². The van der Waals surface area contributed by atoms with Gasteiger partial charge in [-0.3, -0.25) is 0 Å². The molecule has 2 fully saturated rings. The van der Waals surface area contributed by atoms with E-state index in [1.165, 1.54) is 0 Å². The molecule has 2 atom stereocenters. The van der Waals surface area contributed by atoms with Crippen molar-refractivity contribution in [2.75, 3.05) is 20.3 Å². The highest BCUT2D eigenvalue weighted by Gasteiger charge is 2.44. The smallest absolute Gasteiger partial charge is 0.125 e. The van der Waals surface area contributed by atoms with Crippen LogP contribution in [0.2, 0.25) is 0 Å². The van der Waals surface area contributed by atoms with Crippen LogP contribution in [0.5, 0.6) is 5.75 Å². The number of methoxy groups -OCH3 is 1. The van der Waals surface area contributed by atoms with E-state index in [0.29, 0.717) is 26.1 Å². The van der Waals surface area contributed by atoms with Gasteiger partial charge in [0.25, 0.3) is 0 Å². The zero-order valence-corrected chi connectivity index (χ0v) is 12.7. The molecular weight excluding hydrogens is 278 g/mol. The van der Waals surface area contributed by atoms with Gasteiger partial charge in [0.05, 0.1) is 25.9 Å². The van der Waals surface area contributed by atoms with Gasteiger partial charge in [-0.1, -0.05) is 30.3 Å². The van der Waals surface area contributed by atoms with E-state index in [9.17, 15) is 5.11 Å². The molecule has 0 aliphatic carbocycles. The summed E-state index contributed by atoms with van der Waals surface area (Å²) in [5.41, 5.74) is 0.0443. The molecule has 2 unspecified atom stereocenters. The molecule has 116 valence electrons. The number of rotatable bonds is 2. The number of hydrogen-bond acceptors (Lipinski definition) is 4. The molecule has 0 aromatic heterocycles. The van der Waals surface area contributed by atoms with Gasteiger partial charge >= 0.3 is 0 Å². The number of fused-ring (bicyclic) bond motifs is 3. The van der Waals surface area contributed by atoms with Crippen LogP contribution in [0.1, 0.15) is 18.4 Å². The SMILES string of the molecule is COc1ccc2ccccc2c1C1(O)CC2COCC(C1)N2. The van der Waals surface area contributed by atoms with E-state index in [-0.39, 0.29) is 12.1 Å². The van der Waals surface area contributed by atoms with Gasteiger partial charge in [0, 0.05) is 17.6 Å². The van der Waals surface area contributed by atoms with Crippen LogP contribution in [-0.2, 0) is 10.3 Å². The molecule has 0 amide bonds. The molecule has 0 spiro atoms. The molecule has 4 heteroatoms. The molecular formula is C18H21NO3. The van der Waals surface area contributed by atoms with Crippen molar-refractivity contribution < 1.29 is 14.6 Å². The molecule has 2 bridgehead atoms. The van der Waals surface area contributed by atoms with Gasteiger partial charge in [0.1, 0.15) is 5.75 Å². The first-order chi connectivity index (χ1) is 10.7. The molecule has 4 nitrogen and oxygen atoms in total. The fraction of sp³-hybridized carbons (Fsp3) is 0.444. The first kappa shape index (κ1) is 14.0. The molecule has 22 heavy (non-hydrogen) atoms. The Bertz CT molecular complexity index is 688. The standard InChI is InChI=1S/C18H21NO3/c1-21-16-7-6-12-4-2-3-5-15(12)17(16)18(20)8-13-10-22-11-14(9-18)19-13/h2-7,13-14,19-20H,8-11H2,1H3. The largest absolute Gasteiger partial charge is 0.496 e. The van der Waals surface area contributed by atoms with Crippen molar-refractivity contribution in [3.63, 3.8) is 0 Å². The lowest BCUT2D eigenvalue weighted by Gasteiger charge is -2.45. The minimum absolute atomic E-state index is 0.196. The van der Waals surface area contributed by atoms with E-state index in [2.05, 4.69) is 17.4 Å². The lowest BCUT2D eigenvalue weighted by molar-refractivity contribution is -0.0802. The van der Waals surface area contributed by atoms with E-state index in [0.717, 1.165) is 22.1 Å². The second-order valence-electron chi connectivity index (χ2n) is 6.40. The van der Waals surface area contributed by atoms with E-state index >= 15 is 0 Å². The number of aliphatic hydroxyl groups is 1. The van der Waals surface area contributed by atoms with Crippen LogP contribution in [0.3, 0.4) is 0 Å². The third-order valence-electron chi connectivity index (χ3n) is 4.85. The molecule has 0 saturated carbocycles. The van der Waals surface area contributed by atoms with Crippen molar-refractivity contribution in [3.05, 3.63) is 42.0 Å². The molecule has 2 N–H and O–H groups in total. The van der Waals surface area contributed by atoms with Crippen LogP contribution in [0.25, 0.3) is 10.8 Å². The number of ether oxygens (including phenoxy) is 2. The molecule has 2 saturated heterocycles. The highest BCUT2D eigenvalue weighted by Crippen LogP contribution is 2.44. The van der Waals surface area contributed by atoms with Crippen LogP contribution < -0.4 is 10.1 Å². The van der Waals surface area contributed by atoms with Crippen LogP contribution in [0.4, 0.5) is 0 Å². The molecule has 0 radical (unpaired) electrons. The Balaban J connectivity index is 1.88. The maximum Gasteiger partial charge on any atom is 0.125 e. The Hall–Kier alpha value is -1.62. The van der Waals surface area contributed by atoms with Gasteiger partial charge in [-0.05, 0) is 29.7 Å². The van der Waals surface area contributed by atoms with Crippen molar-refractivity contribution in [1.82, 2.24) is 5.32 Å². The molecule has 2 aliphatic heterocycles. The zero-order chi connectivity index (χ0) is 15.2. The minimum atomic E-state index is -0.878. The topological polar surface area (TPSA) is 50.7 Å². The lowest BCUT2D eigenvalue weighted by atomic mass is 9.76. The maximum absolute atomic E-state index is 11.5. The normalized spacial score (nSPS) is 31.2. The summed E-state index contributed by atoms with van der Waals surface area (Å²) in [5, 5.41) is 17.2. The van der Waals surface area contributed by atoms with Gasteiger partial charge in [0.2, 0.25) is 0 Å². The highest BCUT2D eigenvalue weighted by molar-refractivity contribution is 5.88. The van der Waals surface area contributed by atoms with Crippen LogP contribution in [0.15, 0.2) is 36.4 Å². The third kappa shape index (κ3) is 2.19. The Labute approximate surface area is 130 Å². The number of piperidine rings is 1. The summed E-state index contributed by atoms with van der Waals surface area (Å²) >= 11 is 0. The summed E-state index contributed by atoms with van der Waals surface area (Å²) in [5.74, 6) is 0.766. The van der Waals surface area contributed by atoms with Gasteiger partial charge in [-0.2, -0.15) is 0 Å². The lowest BCUT2D eigenvalue weighted by Crippen LogP contribution is -2.58. The summed E-state index contributed by atoms with van der Waals surface area (Å²) in [6.07, 6.45) is 1.29. The average molecular weight is 299 g/mol. The number of hydrogen-bond donors (Lipinski definition) is 2. The number of morpholine rings is 1. The minimum Gasteiger partial charge on any atom is -0.496 e. The fourth-order valence-electron chi connectivity index (χ4n) is 4.02. The van der Waals surface area contributed by atoms with E-state index in [1.54, 1.807) is 7.11 Å². The third-order valence-corrected chi connectivity index (χ3v) is 4.85. The second kappa shape index (κ2) is 5.23. The summed E-state index contributed by atoms with van der Waals surface area (Å²) in [6, 6.07) is 12.6. The van der Waals surface area contributed by atoms with Crippen molar-refractivity contribution in [3.8, 4) is 5.75 Å². The summed E-state index contributed by atoms with van der Waals surface area (Å²) in [7, 11) is 1.67. The highest BCUT2D eigenvalue weighted by atomic mass is 16.5. The molecule has 2 heterocycles. The van der Waals surface area contributed by atoms with Crippen LogP contribution in [-0.4, -0.2) is 37.5 Å². The molecule has 2 aromatic rings. The first-order valence-corrected chi connectivity index (χ1v) is 7.82. The molecule has 2 aliphatic rings. The van der Waals surface area contributed by atoms with E-state index in [1.807, 2.05) is 24.3 Å². The predicted molar refractivity (Wildman–Crippen MR) is 85.2 cm³/mol. The van der Waals surface area contributed by atoms with Gasteiger partial charge in [-0.25, -0.2) is 0 Å². The van der Waals surface area contributed by atoms with Crippen molar-refractivity contribution >= 4 is 10.8 Å². The van der Waals surface area contributed by atoms with E-state index < -0.39 is 5.60 Å². The van der Waals surface area contributed by atoms with Gasteiger partial charge in [-0.15, -0.1) is 0 Å². The first-order valence-electron chi connectivity index (χ1n) is 7.82. The Morgan fingerprint density at radius 2 is 1.86 bits per heavy atom. The molecule has 4 rings (SSSR count). The maximum atomic E-state index is 11.5. The van der Waals surface area contributed by atoms with Gasteiger partial charge in [0.15, 0.2) is 0 Å². The Kier molecular flexibility index (Phi) is 3.33. The summed E-state index contributed by atoms with van der Waals surface area (Å²) < 4.78 is 11.2. The zero-order valence-electron chi connectivity index (χ0n) is 12.7. The summed E-state index contributed by atoms with van der Waals surface area (Å²) in [6.45, 7) is 1.32. The fourth-order valence-corrected chi connectivity index (χ4v) is 4.02. The number of benzene rings is 2. The predicted octanol–water partition coefficient (Wildman–Crippen LogP) is 2.19. The second-order valence-corrected chi connectivity index (χ2v) is 6.40. The van der Waals surface area contributed by atoms with Gasteiger partial charge < -0.3 is 19.9 Å². The Morgan fingerprint density at radius 1 is 1.14 bits per heavy atom. The van der Waals surface area contributed by atoms with E-state index in [4.69, 9.17) is 9.47 Å². The van der Waals surface area contributed by atoms with Crippen LogP contribution >= 0.6 is 0 Å². The monoisotopic (exact) mass is 299 g/mol. The number of nitrogens with one attached hydrogen (secondary N) is 1. The summed E-state index contributed by atoms with van der Waals surface area (Å²) in [4.78, 5) is 0. The quantitative estimate of drug-likeness (QED) is 0.892. The van der Waals surface area contributed by atoms with Crippen LogP contribution in [0, 0.1) is 0 Å². The average Bonchev–Trinajstić information content (AvgIpc) is 2.53. The molecule has 2 aromatic carbocycles.